The van der Waals surface area contributed by atoms with Crippen molar-refractivity contribution in [3.63, 3.8) is 0 Å². The van der Waals surface area contributed by atoms with Crippen molar-refractivity contribution in [2.75, 3.05) is 0 Å². The first-order valence-corrected chi connectivity index (χ1v) is 6.37. The van der Waals surface area contributed by atoms with E-state index < -0.39 is 0 Å². The molecule has 0 radical (unpaired) electrons. The second-order valence-corrected chi connectivity index (χ2v) is 5.70. The van der Waals surface area contributed by atoms with Gasteiger partial charge in [0.25, 0.3) is 0 Å². The zero-order chi connectivity index (χ0) is 10.1. The van der Waals surface area contributed by atoms with E-state index in [1.807, 2.05) is 11.3 Å². The van der Waals surface area contributed by atoms with Crippen molar-refractivity contribution in [1.82, 2.24) is 0 Å². The topological polar surface area (TPSA) is 26.0 Å². The molecule has 1 nitrogen and oxygen atoms in total. The van der Waals surface area contributed by atoms with Gasteiger partial charge in [0.1, 0.15) is 0 Å². The average molecular weight is 209 g/mol. The Morgan fingerprint density at radius 2 is 2.29 bits per heavy atom. The number of hydrogen-bond donors (Lipinski definition) is 1. The first kappa shape index (κ1) is 10.2. The van der Waals surface area contributed by atoms with E-state index in [4.69, 9.17) is 5.73 Å². The molecule has 0 aromatic carbocycles. The van der Waals surface area contributed by atoms with Crippen molar-refractivity contribution < 1.29 is 0 Å². The molecule has 3 unspecified atom stereocenters. The molecule has 0 saturated heterocycles. The molecule has 0 bridgehead atoms. The standard InChI is InChI=1S/C12H19NS/c1-8-4-3-5-11(8)12(13)10-6-9(2)14-7-10/h6-8,11-12H,3-5,13H2,1-2H3. The van der Waals surface area contributed by atoms with Crippen molar-refractivity contribution in [2.24, 2.45) is 17.6 Å². The van der Waals surface area contributed by atoms with E-state index in [1.54, 1.807) is 0 Å². The van der Waals surface area contributed by atoms with E-state index in [9.17, 15) is 0 Å². The summed E-state index contributed by atoms with van der Waals surface area (Å²) in [6, 6.07) is 2.53. The maximum Gasteiger partial charge on any atom is 0.0334 e. The predicted octanol–water partition coefficient (Wildman–Crippen LogP) is 3.49. The van der Waals surface area contributed by atoms with Crippen LogP contribution in [0.15, 0.2) is 11.4 Å². The predicted molar refractivity (Wildman–Crippen MR) is 62.5 cm³/mol. The summed E-state index contributed by atoms with van der Waals surface area (Å²) >= 11 is 1.81. The molecule has 14 heavy (non-hydrogen) atoms. The fourth-order valence-corrected chi connectivity index (χ4v) is 3.34. The van der Waals surface area contributed by atoms with Gasteiger partial charge >= 0.3 is 0 Å². The third-order valence-electron chi connectivity index (χ3n) is 3.52. The van der Waals surface area contributed by atoms with Crippen LogP contribution in [-0.4, -0.2) is 0 Å². The molecule has 2 heteroatoms. The summed E-state index contributed by atoms with van der Waals surface area (Å²) in [6.07, 6.45) is 4.04. The van der Waals surface area contributed by atoms with E-state index in [2.05, 4.69) is 25.3 Å². The molecule has 1 aliphatic carbocycles. The second kappa shape index (κ2) is 4.03. The van der Waals surface area contributed by atoms with Crippen LogP contribution in [0.5, 0.6) is 0 Å². The molecule has 1 fully saturated rings. The molecule has 1 aliphatic rings. The van der Waals surface area contributed by atoms with Crippen LogP contribution in [0, 0.1) is 18.8 Å². The van der Waals surface area contributed by atoms with Gasteiger partial charge in [0.15, 0.2) is 0 Å². The fourth-order valence-electron chi connectivity index (χ4n) is 2.59. The lowest BCUT2D eigenvalue weighted by Gasteiger charge is -2.22. The van der Waals surface area contributed by atoms with Crippen LogP contribution in [0.25, 0.3) is 0 Å². The summed E-state index contributed by atoms with van der Waals surface area (Å²) in [5.41, 5.74) is 7.66. The Labute approximate surface area is 90.3 Å². The summed E-state index contributed by atoms with van der Waals surface area (Å²) in [5.74, 6) is 1.52. The van der Waals surface area contributed by atoms with E-state index in [0.717, 1.165) is 5.92 Å². The van der Waals surface area contributed by atoms with Crippen molar-refractivity contribution in [2.45, 2.75) is 39.2 Å². The molecule has 1 heterocycles. The number of hydrogen-bond acceptors (Lipinski definition) is 2. The molecule has 78 valence electrons. The monoisotopic (exact) mass is 209 g/mol. The molecule has 3 atom stereocenters. The van der Waals surface area contributed by atoms with Gasteiger partial charge in [0, 0.05) is 10.9 Å². The molecule has 0 spiro atoms. The van der Waals surface area contributed by atoms with Gasteiger partial charge in [-0.25, -0.2) is 0 Å². The molecule has 0 amide bonds. The van der Waals surface area contributed by atoms with E-state index >= 15 is 0 Å². The second-order valence-electron chi connectivity index (χ2n) is 4.59. The largest absolute Gasteiger partial charge is 0.324 e. The van der Waals surface area contributed by atoms with Crippen LogP contribution in [0.4, 0.5) is 0 Å². The minimum Gasteiger partial charge on any atom is -0.324 e. The normalized spacial score (nSPS) is 29.4. The highest BCUT2D eigenvalue weighted by molar-refractivity contribution is 7.10. The van der Waals surface area contributed by atoms with Crippen LogP contribution in [0.1, 0.15) is 42.7 Å². The summed E-state index contributed by atoms with van der Waals surface area (Å²) in [4.78, 5) is 1.38. The Morgan fingerprint density at radius 1 is 1.50 bits per heavy atom. The third kappa shape index (κ3) is 1.86. The van der Waals surface area contributed by atoms with E-state index in [0.29, 0.717) is 5.92 Å². The van der Waals surface area contributed by atoms with Crippen LogP contribution >= 0.6 is 11.3 Å². The van der Waals surface area contributed by atoms with Crippen molar-refractivity contribution in [1.29, 1.82) is 0 Å². The van der Waals surface area contributed by atoms with Crippen LogP contribution < -0.4 is 5.73 Å². The molecule has 0 aliphatic heterocycles. The number of thiophene rings is 1. The molecule has 1 saturated carbocycles. The van der Waals surface area contributed by atoms with Crippen LogP contribution in [0.2, 0.25) is 0 Å². The number of rotatable bonds is 2. The number of nitrogens with two attached hydrogens (primary N) is 1. The minimum atomic E-state index is 0.275. The Morgan fingerprint density at radius 3 is 2.79 bits per heavy atom. The van der Waals surface area contributed by atoms with Gasteiger partial charge in [-0.15, -0.1) is 11.3 Å². The van der Waals surface area contributed by atoms with Gasteiger partial charge in [-0.2, -0.15) is 0 Å². The fraction of sp³-hybridized carbons (Fsp3) is 0.667. The maximum absolute atomic E-state index is 6.31. The van der Waals surface area contributed by atoms with Gasteiger partial charge in [-0.3, -0.25) is 0 Å². The first-order chi connectivity index (χ1) is 6.68. The quantitative estimate of drug-likeness (QED) is 0.792. The molecule has 2 rings (SSSR count). The zero-order valence-electron chi connectivity index (χ0n) is 8.99. The molecular formula is C12H19NS. The Bertz CT molecular complexity index is 305. The lowest BCUT2D eigenvalue weighted by atomic mass is 9.87. The van der Waals surface area contributed by atoms with E-state index in [1.165, 1.54) is 29.7 Å². The lowest BCUT2D eigenvalue weighted by molar-refractivity contribution is 0.351. The van der Waals surface area contributed by atoms with Crippen molar-refractivity contribution in [3.05, 3.63) is 21.9 Å². The van der Waals surface area contributed by atoms with Crippen LogP contribution in [-0.2, 0) is 0 Å². The maximum atomic E-state index is 6.31. The first-order valence-electron chi connectivity index (χ1n) is 5.49. The average Bonchev–Trinajstić information content (AvgIpc) is 2.73. The highest BCUT2D eigenvalue weighted by Gasteiger charge is 2.29. The third-order valence-corrected chi connectivity index (χ3v) is 4.40. The highest BCUT2D eigenvalue weighted by atomic mass is 32.1. The Balaban J connectivity index is 2.11. The van der Waals surface area contributed by atoms with Crippen LogP contribution in [0.3, 0.4) is 0 Å². The lowest BCUT2D eigenvalue weighted by Crippen LogP contribution is -2.22. The van der Waals surface area contributed by atoms with Gasteiger partial charge < -0.3 is 5.73 Å². The number of aryl methyl sites for hydroxylation is 1. The smallest absolute Gasteiger partial charge is 0.0334 e. The molecule has 1 aromatic rings. The Hall–Kier alpha value is -0.340. The summed E-state index contributed by atoms with van der Waals surface area (Å²) < 4.78 is 0. The van der Waals surface area contributed by atoms with Gasteiger partial charge in [-0.05, 0) is 42.2 Å². The zero-order valence-corrected chi connectivity index (χ0v) is 9.81. The van der Waals surface area contributed by atoms with Crippen molar-refractivity contribution in [3.8, 4) is 0 Å². The van der Waals surface area contributed by atoms with Gasteiger partial charge in [0.2, 0.25) is 0 Å². The van der Waals surface area contributed by atoms with Crippen molar-refractivity contribution >= 4 is 11.3 Å². The summed E-state index contributed by atoms with van der Waals surface area (Å²) in [7, 11) is 0. The molecular weight excluding hydrogens is 190 g/mol. The van der Waals surface area contributed by atoms with E-state index in [-0.39, 0.29) is 6.04 Å². The minimum absolute atomic E-state index is 0.275. The SMILES string of the molecule is Cc1cc(C(N)C2CCCC2C)cs1. The highest BCUT2D eigenvalue weighted by Crippen LogP contribution is 2.39. The van der Waals surface area contributed by atoms with Gasteiger partial charge in [0.05, 0.1) is 0 Å². The summed E-state index contributed by atoms with van der Waals surface area (Å²) in [6.45, 7) is 4.50. The Kier molecular flexibility index (Phi) is 2.93. The molecule has 1 aromatic heterocycles. The van der Waals surface area contributed by atoms with Gasteiger partial charge in [-0.1, -0.05) is 19.8 Å². The molecule has 2 N–H and O–H groups in total. The summed E-state index contributed by atoms with van der Waals surface area (Å²) in [5, 5.41) is 2.23.